The number of hydrogen-bond acceptors (Lipinski definition) is 4. The quantitative estimate of drug-likeness (QED) is 0.698. The number of hydrogen-bond donors (Lipinski definition) is 0. The molecule has 0 aliphatic carbocycles. The van der Waals surface area contributed by atoms with Gasteiger partial charge >= 0.3 is 0 Å². The van der Waals surface area contributed by atoms with Crippen LogP contribution in [0.4, 0.5) is 0 Å². The highest BCUT2D eigenvalue weighted by Crippen LogP contribution is 2.23. The molecule has 2 aliphatic heterocycles. The van der Waals surface area contributed by atoms with Gasteiger partial charge in [0.15, 0.2) is 0 Å². The Hall–Kier alpha value is -2.37. The van der Waals surface area contributed by atoms with E-state index in [9.17, 15) is 4.79 Å². The minimum absolute atomic E-state index is 0.135. The van der Waals surface area contributed by atoms with Gasteiger partial charge in [-0.25, -0.2) is 0 Å². The van der Waals surface area contributed by atoms with E-state index in [0.29, 0.717) is 6.61 Å². The summed E-state index contributed by atoms with van der Waals surface area (Å²) < 4.78 is 11.2. The van der Waals surface area contributed by atoms with Crippen molar-refractivity contribution in [1.82, 2.24) is 9.80 Å². The van der Waals surface area contributed by atoms with Gasteiger partial charge in [-0.2, -0.15) is 0 Å². The summed E-state index contributed by atoms with van der Waals surface area (Å²) in [5, 5.41) is 0. The Labute approximate surface area is 179 Å². The first-order valence-corrected chi connectivity index (χ1v) is 11.1. The van der Waals surface area contributed by atoms with Crippen LogP contribution in [-0.4, -0.2) is 61.6 Å². The summed E-state index contributed by atoms with van der Waals surface area (Å²) in [6.07, 6.45) is 3.44. The molecule has 0 spiro atoms. The smallest absolute Gasteiger partial charge is 0.253 e. The third-order valence-corrected chi connectivity index (χ3v) is 6.21. The molecule has 0 N–H and O–H groups in total. The summed E-state index contributed by atoms with van der Waals surface area (Å²) in [6.45, 7) is 7.26. The van der Waals surface area contributed by atoms with Crippen LogP contribution in [0.1, 0.15) is 35.2 Å². The lowest BCUT2D eigenvalue weighted by molar-refractivity contribution is 0.0332. The van der Waals surface area contributed by atoms with Gasteiger partial charge in [0.1, 0.15) is 12.4 Å². The summed E-state index contributed by atoms with van der Waals surface area (Å²) in [5.41, 5.74) is 1.88. The maximum atomic E-state index is 12.9. The summed E-state index contributed by atoms with van der Waals surface area (Å²) in [4.78, 5) is 17.4. The summed E-state index contributed by atoms with van der Waals surface area (Å²) in [6, 6.07) is 17.6. The van der Waals surface area contributed by atoms with Gasteiger partial charge < -0.3 is 14.4 Å². The van der Waals surface area contributed by atoms with Gasteiger partial charge in [0, 0.05) is 31.7 Å². The molecule has 0 unspecified atom stereocenters. The van der Waals surface area contributed by atoms with Crippen LogP contribution in [-0.2, 0) is 11.3 Å². The molecule has 2 saturated heterocycles. The van der Waals surface area contributed by atoms with Crippen LogP contribution < -0.4 is 4.74 Å². The van der Waals surface area contributed by atoms with Crippen LogP contribution in [0.5, 0.6) is 5.75 Å². The van der Waals surface area contributed by atoms with Crippen molar-refractivity contribution in [2.75, 3.05) is 45.9 Å². The van der Waals surface area contributed by atoms with Crippen molar-refractivity contribution >= 4 is 5.91 Å². The summed E-state index contributed by atoms with van der Waals surface area (Å²) in [7, 11) is 0. The molecule has 0 radical (unpaired) electrons. The Balaban J connectivity index is 1.21. The molecule has 2 heterocycles. The van der Waals surface area contributed by atoms with E-state index in [1.807, 2.05) is 59.5 Å². The predicted octanol–water partition coefficient (Wildman–Crippen LogP) is 3.84. The van der Waals surface area contributed by atoms with E-state index < -0.39 is 0 Å². The lowest BCUT2D eigenvalue weighted by Crippen LogP contribution is -2.40. The summed E-state index contributed by atoms with van der Waals surface area (Å²) in [5.74, 6) is 1.65. The van der Waals surface area contributed by atoms with E-state index in [2.05, 4.69) is 4.90 Å². The fourth-order valence-electron chi connectivity index (χ4n) is 4.23. The summed E-state index contributed by atoms with van der Waals surface area (Å²) >= 11 is 0. The van der Waals surface area contributed by atoms with Crippen LogP contribution >= 0.6 is 0 Å². The molecule has 1 amide bonds. The average Bonchev–Trinajstić information content (AvgIpc) is 2.83. The van der Waals surface area contributed by atoms with E-state index in [-0.39, 0.29) is 5.91 Å². The average molecular weight is 409 g/mol. The van der Waals surface area contributed by atoms with E-state index in [4.69, 9.17) is 9.47 Å². The lowest BCUT2D eigenvalue weighted by Gasteiger charge is -2.34. The van der Waals surface area contributed by atoms with Gasteiger partial charge in [0.2, 0.25) is 0 Å². The molecule has 30 heavy (non-hydrogen) atoms. The topological polar surface area (TPSA) is 42.0 Å². The van der Waals surface area contributed by atoms with Crippen molar-refractivity contribution in [3.8, 4) is 5.75 Å². The number of likely N-dealkylation sites (tertiary alicyclic amines) is 1. The molecule has 5 heteroatoms. The van der Waals surface area contributed by atoms with Crippen LogP contribution in [0.25, 0.3) is 0 Å². The van der Waals surface area contributed by atoms with Crippen molar-refractivity contribution < 1.29 is 14.3 Å². The Morgan fingerprint density at radius 2 is 1.63 bits per heavy atom. The zero-order valence-electron chi connectivity index (χ0n) is 17.7. The monoisotopic (exact) mass is 408 g/mol. The van der Waals surface area contributed by atoms with Crippen molar-refractivity contribution in [2.24, 2.45) is 5.92 Å². The Kier molecular flexibility index (Phi) is 7.38. The van der Waals surface area contributed by atoms with Gasteiger partial charge in [-0.05, 0) is 61.6 Å². The van der Waals surface area contributed by atoms with Crippen molar-refractivity contribution in [2.45, 2.75) is 25.9 Å². The van der Waals surface area contributed by atoms with E-state index in [1.54, 1.807) is 0 Å². The molecule has 0 aromatic heterocycles. The molecule has 5 nitrogen and oxygen atoms in total. The first-order chi connectivity index (χ1) is 14.8. The Bertz CT molecular complexity index is 780. The third kappa shape index (κ3) is 5.83. The third-order valence-electron chi connectivity index (χ3n) is 6.21. The van der Waals surface area contributed by atoms with Crippen LogP contribution in [0.2, 0.25) is 0 Å². The van der Waals surface area contributed by atoms with E-state index in [0.717, 1.165) is 81.6 Å². The molecule has 4 rings (SSSR count). The molecular formula is C25H32N2O3. The fourth-order valence-corrected chi connectivity index (χ4v) is 4.23. The molecular weight excluding hydrogens is 376 g/mol. The first-order valence-electron chi connectivity index (χ1n) is 11.1. The zero-order chi connectivity index (χ0) is 20.6. The second-order valence-electron chi connectivity index (χ2n) is 8.28. The molecule has 0 saturated carbocycles. The van der Waals surface area contributed by atoms with Crippen molar-refractivity contribution in [3.05, 3.63) is 65.7 Å². The number of carbonyl (C=O) groups is 1. The number of benzene rings is 2. The van der Waals surface area contributed by atoms with Gasteiger partial charge in [-0.3, -0.25) is 9.69 Å². The van der Waals surface area contributed by atoms with Crippen molar-refractivity contribution in [3.63, 3.8) is 0 Å². The Morgan fingerprint density at radius 1 is 0.933 bits per heavy atom. The van der Waals surface area contributed by atoms with Gasteiger partial charge in [0.05, 0.1) is 13.2 Å². The van der Waals surface area contributed by atoms with Gasteiger partial charge in [-0.1, -0.05) is 30.3 Å². The number of piperidine rings is 1. The SMILES string of the molecule is O=C(c1ccc(OCc2ccccc2)cc1)N1CCC(CCN2CCOCC2)CC1. The van der Waals surface area contributed by atoms with E-state index in [1.165, 1.54) is 6.42 Å². The number of amides is 1. The zero-order valence-corrected chi connectivity index (χ0v) is 17.7. The van der Waals surface area contributed by atoms with Crippen LogP contribution in [0, 0.1) is 5.92 Å². The van der Waals surface area contributed by atoms with Gasteiger partial charge in [0.25, 0.3) is 5.91 Å². The Morgan fingerprint density at radius 3 is 2.33 bits per heavy atom. The molecule has 0 atom stereocenters. The maximum Gasteiger partial charge on any atom is 0.253 e. The minimum Gasteiger partial charge on any atom is -0.489 e. The van der Waals surface area contributed by atoms with Crippen LogP contribution in [0.3, 0.4) is 0 Å². The number of rotatable bonds is 7. The molecule has 160 valence electrons. The fraction of sp³-hybridized carbons (Fsp3) is 0.480. The van der Waals surface area contributed by atoms with Crippen molar-refractivity contribution in [1.29, 1.82) is 0 Å². The first kappa shape index (κ1) is 20.9. The molecule has 2 aliphatic rings. The largest absolute Gasteiger partial charge is 0.489 e. The predicted molar refractivity (Wildman–Crippen MR) is 118 cm³/mol. The standard InChI is InChI=1S/C25H32N2O3/c28-25(23-6-8-24(9-7-23)30-20-22-4-2-1-3-5-22)27-14-11-21(12-15-27)10-13-26-16-18-29-19-17-26/h1-9,21H,10-20H2. The van der Waals surface area contributed by atoms with Gasteiger partial charge in [-0.15, -0.1) is 0 Å². The normalized spacial score (nSPS) is 18.3. The highest BCUT2D eigenvalue weighted by Gasteiger charge is 2.24. The number of ether oxygens (including phenoxy) is 2. The second kappa shape index (κ2) is 10.6. The molecule has 2 aromatic rings. The molecule has 0 bridgehead atoms. The highest BCUT2D eigenvalue weighted by atomic mass is 16.5. The molecule has 2 aromatic carbocycles. The second-order valence-corrected chi connectivity index (χ2v) is 8.28. The number of morpholine rings is 1. The molecule has 2 fully saturated rings. The number of nitrogens with zero attached hydrogens (tertiary/aromatic N) is 2. The van der Waals surface area contributed by atoms with Crippen LogP contribution in [0.15, 0.2) is 54.6 Å². The maximum absolute atomic E-state index is 12.9. The number of carbonyl (C=O) groups excluding carboxylic acids is 1. The minimum atomic E-state index is 0.135. The highest BCUT2D eigenvalue weighted by molar-refractivity contribution is 5.94. The lowest BCUT2D eigenvalue weighted by atomic mass is 9.93. The van der Waals surface area contributed by atoms with E-state index >= 15 is 0 Å².